The van der Waals surface area contributed by atoms with E-state index in [0.29, 0.717) is 22.6 Å². The Hall–Kier alpha value is -2.14. The van der Waals surface area contributed by atoms with Crippen molar-refractivity contribution in [3.63, 3.8) is 0 Å². The second-order valence-electron chi connectivity index (χ2n) is 7.16. The number of carbonyl (C=O) groups is 1. The van der Waals surface area contributed by atoms with Crippen molar-refractivity contribution < 1.29 is 4.79 Å². The lowest BCUT2D eigenvalue weighted by molar-refractivity contribution is -0.123. The van der Waals surface area contributed by atoms with Gasteiger partial charge in [0.15, 0.2) is 0 Å². The van der Waals surface area contributed by atoms with Gasteiger partial charge in [-0.1, -0.05) is 50.4 Å². The molecular weight excluding hydrogens is 350 g/mol. The molecule has 1 heterocycles. The zero-order valence-corrected chi connectivity index (χ0v) is 15.9. The number of aromatic nitrogens is 2. The molecule has 1 amide bonds. The highest BCUT2D eigenvalue weighted by atomic mass is 35.5. The van der Waals surface area contributed by atoms with Crippen molar-refractivity contribution in [3.8, 4) is 11.3 Å². The lowest BCUT2D eigenvalue weighted by Gasteiger charge is -2.34. The summed E-state index contributed by atoms with van der Waals surface area (Å²) in [6, 6.07) is 10.5. The first-order valence-corrected chi connectivity index (χ1v) is 9.45. The van der Waals surface area contributed by atoms with Crippen molar-refractivity contribution in [1.82, 2.24) is 15.1 Å². The van der Waals surface area contributed by atoms with E-state index in [9.17, 15) is 9.59 Å². The van der Waals surface area contributed by atoms with Crippen LogP contribution in [0.15, 0.2) is 41.2 Å². The van der Waals surface area contributed by atoms with Crippen molar-refractivity contribution in [2.45, 2.75) is 45.7 Å². The van der Waals surface area contributed by atoms with Crippen LogP contribution in [0, 0.1) is 11.8 Å². The number of nitrogens with one attached hydrogen (secondary N) is 1. The van der Waals surface area contributed by atoms with Crippen molar-refractivity contribution in [2.24, 2.45) is 11.8 Å². The molecule has 0 bridgehead atoms. The minimum absolute atomic E-state index is 0.0716. The van der Waals surface area contributed by atoms with Crippen LogP contribution in [0.3, 0.4) is 0 Å². The molecule has 0 spiro atoms. The van der Waals surface area contributed by atoms with Crippen LogP contribution in [0.2, 0.25) is 5.02 Å². The molecule has 1 aliphatic carbocycles. The number of amides is 1. The summed E-state index contributed by atoms with van der Waals surface area (Å²) in [4.78, 5) is 24.5. The zero-order chi connectivity index (χ0) is 18.7. The number of hydrogen-bond acceptors (Lipinski definition) is 3. The van der Waals surface area contributed by atoms with Gasteiger partial charge in [0, 0.05) is 22.7 Å². The Bertz CT molecular complexity index is 832. The fourth-order valence-electron chi connectivity index (χ4n) is 3.51. The van der Waals surface area contributed by atoms with Gasteiger partial charge in [-0.25, -0.2) is 4.68 Å². The van der Waals surface area contributed by atoms with Crippen molar-refractivity contribution >= 4 is 17.5 Å². The molecule has 0 radical (unpaired) electrons. The number of hydrogen-bond donors (Lipinski definition) is 1. The molecule has 0 unspecified atom stereocenters. The van der Waals surface area contributed by atoms with Gasteiger partial charge >= 0.3 is 0 Å². The molecule has 0 saturated heterocycles. The van der Waals surface area contributed by atoms with Crippen molar-refractivity contribution in [1.29, 1.82) is 0 Å². The second kappa shape index (κ2) is 8.04. The van der Waals surface area contributed by atoms with E-state index in [-0.39, 0.29) is 24.1 Å². The highest BCUT2D eigenvalue weighted by molar-refractivity contribution is 6.30. The minimum Gasteiger partial charge on any atom is -0.351 e. The third-order valence-corrected chi connectivity index (χ3v) is 5.61. The summed E-state index contributed by atoms with van der Waals surface area (Å²) in [5, 5.41) is 8.06. The third kappa shape index (κ3) is 4.33. The van der Waals surface area contributed by atoms with E-state index in [1.54, 1.807) is 18.2 Å². The second-order valence-corrected chi connectivity index (χ2v) is 7.60. The molecular formula is C20H24ClN3O2. The van der Waals surface area contributed by atoms with E-state index in [1.807, 2.05) is 12.1 Å². The van der Waals surface area contributed by atoms with Gasteiger partial charge in [-0.05, 0) is 36.5 Å². The smallest absolute Gasteiger partial charge is 0.267 e. The molecule has 3 atom stereocenters. The Balaban J connectivity index is 1.72. The molecule has 3 rings (SSSR count). The van der Waals surface area contributed by atoms with Crippen molar-refractivity contribution in [3.05, 3.63) is 51.8 Å². The van der Waals surface area contributed by atoms with Crippen LogP contribution in [0.5, 0.6) is 0 Å². The van der Waals surface area contributed by atoms with Gasteiger partial charge in [0.2, 0.25) is 5.91 Å². The Labute approximate surface area is 158 Å². The fourth-order valence-corrected chi connectivity index (χ4v) is 3.64. The van der Waals surface area contributed by atoms with Gasteiger partial charge in [-0.2, -0.15) is 5.10 Å². The lowest BCUT2D eigenvalue weighted by atomic mass is 9.78. The molecule has 1 fully saturated rings. The van der Waals surface area contributed by atoms with Gasteiger partial charge in [-0.3, -0.25) is 9.59 Å². The van der Waals surface area contributed by atoms with Crippen LogP contribution < -0.4 is 10.9 Å². The molecule has 6 heteroatoms. The van der Waals surface area contributed by atoms with Crippen LogP contribution in [-0.4, -0.2) is 21.7 Å². The molecule has 1 aliphatic rings. The summed E-state index contributed by atoms with van der Waals surface area (Å²) in [5.74, 6) is 0.875. The van der Waals surface area contributed by atoms with Crippen LogP contribution in [-0.2, 0) is 11.3 Å². The molecule has 5 nitrogen and oxygen atoms in total. The number of benzene rings is 1. The van der Waals surface area contributed by atoms with Gasteiger partial charge in [-0.15, -0.1) is 0 Å². The Morgan fingerprint density at radius 2 is 1.92 bits per heavy atom. The maximum atomic E-state index is 12.4. The van der Waals surface area contributed by atoms with Gasteiger partial charge in [0.1, 0.15) is 6.54 Å². The van der Waals surface area contributed by atoms with E-state index >= 15 is 0 Å². The molecule has 1 aromatic heterocycles. The number of halogens is 1. The SMILES string of the molecule is C[C@H]1[C@H](C)CCC[C@H]1NC(=O)Cn1nc(-c2ccc(Cl)cc2)ccc1=O. The Morgan fingerprint density at radius 3 is 2.65 bits per heavy atom. The molecule has 26 heavy (non-hydrogen) atoms. The quantitative estimate of drug-likeness (QED) is 0.892. The maximum Gasteiger partial charge on any atom is 0.267 e. The van der Waals surface area contributed by atoms with E-state index in [2.05, 4.69) is 24.3 Å². The number of carbonyl (C=O) groups excluding carboxylic acids is 1. The third-order valence-electron chi connectivity index (χ3n) is 5.35. The largest absolute Gasteiger partial charge is 0.351 e. The van der Waals surface area contributed by atoms with Crippen LogP contribution >= 0.6 is 11.6 Å². The normalized spacial score (nSPS) is 22.8. The average molecular weight is 374 g/mol. The van der Waals surface area contributed by atoms with E-state index in [0.717, 1.165) is 18.4 Å². The highest BCUT2D eigenvalue weighted by Gasteiger charge is 2.28. The monoisotopic (exact) mass is 373 g/mol. The molecule has 0 aliphatic heterocycles. The Morgan fingerprint density at radius 1 is 1.19 bits per heavy atom. The van der Waals surface area contributed by atoms with Gasteiger partial charge < -0.3 is 5.32 Å². The van der Waals surface area contributed by atoms with Gasteiger partial charge in [0.05, 0.1) is 5.69 Å². The lowest BCUT2D eigenvalue weighted by Crippen LogP contribution is -2.45. The summed E-state index contributed by atoms with van der Waals surface area (Å²) in [7, 11) is 0. The first kappa shape index (κ1) is 18.6. The Kier molecular flexibility index (Phi) is 5.77. The molecule has 1 saturated carbocycles. The summed E-state index contributed by atoms with van der Waals surface area (Å²) in [5.41, 5.74) is 1.19. The summed E-state index contributed by atoms with van der Waals surface area (Å²) in [6.45, 7) is 4.34. The van der Waals surface area contributed by atoms with Crippen LogP contribution in [0.1, 0.15) is 33.1 Å². The minimum atomic E-state index is -0.289. The maximum absolute atomic E-state index is 12.4. The molecule has 138 valence electrons. The topological polar surface area (TPSA) is 64.0 Å². The van der Waals surface area contributed by atoms with Crippen LogP contribution in [0.4, 0.5) is 0 Å². The molecule has 1 N–H and O–H groups in total. The molecule has 1 aromatic carbocycles. The summed E-state index contributed by atoms with van der Waals surface area (Å²) < 4.78 is 1.22. The first-order chi connectivity index (χ1) is 12.4. The zero-order valence-electron chi connectivity index (χ0n) is 15.1. The first-order valence-electron chi connectivity index (χ1n) is 9.07. The summed E-state index contributed by atoms with van der Waals surface area (Å²) >= 11 is 5.91. The van der Waals surface area contributed by atoms with E-state index < -0.39 is 0 Å². The predicted molar refractivity (Wildman–Crippen MR) is 103 cm³/mol. The predicted octanol–water partition coefficient (Wildman–Crippen LogP) is 3.50. The number of nitrogens with zero attached hydrogens (tertiary/aromatic N) is 2. The molecule has 2 aromatic rings. The highest BCUT2D eigenvalue weighted by Crippen LogP contribution is 2.29. The van der Waals surface area contributed by atoms with E-state index in [1.165, 1.54) is 17.2 Å². The van der Waals surface area contributed by atoms with Crippen molar-refractivity contribution in [2.75, 3.05) is 0 Å². The summed E-state index contributed by atoms with van der Waals surface area (Å²) in [6.07, 6.45) is 3.32. The standard InChI is InChI=1S/C20H24ClN3O2/c1-13-4-3-5-17(14(13)2)22-19(25)12-24-20(26)11-10-18(23-24)15-6-8-16(21)9-7-15/h6-11,13-14,17H,3-5,12H2,1-2H3,(H,22,25)/t13-,14+,17-/m1/s1. The average Bonchev–Trinajstić information content (AvgIpc) is 2.62. The van der Waals surface area contributed by atoms with Gasteiger partial charge in [0.25, 0.3) is 5.56 Å². The fraction of sp³-hybridized carbons (Fsp3) is 0.450. The van der Waals surface area contributed by atoms with Crippen LogP contribution in [0.25, 0.3) is 11.3 Å². The number of rotatable bonds is 4. The van der Waals surface area contributed by atoms with E-state index in [4.69, 9.17) is 11.6 Å².